The lowest BCUT2D eigenvalue weighted by Crippen LogP contribution is -2.13. The molecular weight excluding hydrogens is 203 g/mol. The zero-order valence-corrected chi connectivity index (χ0v) is 10.3. The first-order valence-corrected chi connectivity index (χ1v) is 9.59. The van der Waals surface area contributed by atoms with Crippen LogP contribution in [0.4, 0.5) is 0 Å². The largest absolute Gasteiger partial charge is 0.225 e. The molecule has 0 amide bonds. The Kier molecular flexibility index (Phi) is 3.76. The van der Waals surface area contributed by atoms with E-state index in [0.717, 1.165) is 6.42 Å². The molecular formula is C9H20O2PS+. The smallest absolute Gasteiger partial charge is 0.181 e. The molecule has 0 N–H and O–H groups in total. The molecule has 2 nitrogen and oxygen atoms in total. The predicted octanol–water partition coefficient (Wildman–Crippen LogP) is 2.21. The zero-order chi connectivity index (χ0) is 9.95. The van der Waals surface area contributed by atoms with Crippen molar-refractivity contribution in [2.45, 2.75) is 26.2 Å². The summed E-state index contributed by atoms with van der Waals surface area (Å²) in [6.45, 7) is 2.17. The van der Waals surface area contributed by atoms with Crippen molar-refractivity contribution in [3.8, 4) is 0 Å². The topological polar surface area (TPSA) is 34.1 Å². The average Bonchev–Trinajstić information content (AvgIpc) is 2.33. The van der Waals surface area contributed by atoms with Crippen molar-refractivity contribution >= 4 is 17.1 Å². The van der Waals surface area contributed by atoms with Crippen LogP contribution in [0.15, 0.2) is 0 Å². The molecule has 0 unspecified atom stereocenters. The van der Waals surface area contributed by atoms with Crippen molar-refractivity contribution in [3.05, 3.63) is 0 Å². The van der Waals surface area contributed by atoms with Crippen molar-refractivity contribution in [3.63, 3.8) is 0 Å². The van der Waals surface area contributed by atoms with E-state index >= 15 is 0 Å². The molecule has 1 rings (SSSR count). The summed E-state index contributed by atoms with van der Waals surface area (Å²) in [4.78, 5) is 0. The van der Waals surface area contributed by atoms with Crippen LogP contribution < -0.4 is 0 Å². The van der Waals surface area contributed by atoms with Gasteiger partial charge in [0.25, 0.3) is 0 Å². The second-order valence-corrected chi connectivity index (χ2v) is 11.2. The van der Waals surface area contributed by atoms with E-state index in [4.69, 9.17) is 0 Å². The lowest BCUT2D eigenvalue weighted by molar-refractivity contribution is 0.606. The molecule has 1 heterocycles. The molecule has 1 saturated heterocycles. The van der Waals surface area contributed by atoms with E-state index in [1.54, 1.807) is 0 Å². The van der Waals surface area contributed by atoms with E-state index in [2.05, 4.69) is 6.92 Å². The van der Waals surface area contributed by atoms with Crippen molar-refractivity contribution in [1.82, 2.24) is 0 Å². The molecule has 13 heavy (non-hydrogen) atoms. The molecule has 0 aromatic rings. The number of hydrogen-bond acceptors (Lipinski definition) is 2. The molecule has 0 saturated carbocycles. The Bertz CT molecular complexity index is 253. The van der Waals surface area contributed by atoms with Gasteiger partial charge in [-0.1, -0.05) is 6.92 Å². The number of rotatable bonds is 4. The Hall–Kier alpha value is 0.380. The van der Waals surface area contributed by atoms with Gasteiger partial charge in [0.1, 0.15) is 0 Å². The molecule has 1 aliphatic heterocycles. The Morgan fingerprint density at radius 2 is 1.77 bits per heavy atom. The van der Waals surface area contributed by atoms with E-state index in [9.17, 15) is 8.42 Å². The average molecular weight is 223 g/mol. The SMILES string of the molecule is CCC[P+]1(CS(C)(=O)=O)CCCC1. The molecule has 0 aromatic carbocycles. The maximum atomic E-state index is 11.3. The van der Waals surface area contributed by atoms with Crippen molar-refractivity contribution in [2.75, 3.05) is 30.2 Å². The minimum atomic E-state index is -2.74. The third kappa shape index (κ3) is 3.55. The highest BCUT2D eigenvalue weighted by atomic mass is 32.2. The molecule has 0 aromatic heterocycles. The first-order valence-electron chi connectivity index (χ1n) is 5.00. The fourth-order valence-corrected chi connectivity index (χ4v) is 11.3. The fourth-order valence-electron chi connectivity index (χ4n) is 2.40. The zero-order valence-electron chi connectivity index (χ0n) is 8.62. The fraction of sp³-hybridized carbons (Fsp3) is 1.00. The predicted molar refractivity (Wildman–Crippen MR) is 60.8 cm³/mol. The van der Waals surface area contributed by atoms with Crippen molar-refractivity contribution in [1.29, 1.82) is 0 Å². The summed E-state index contributed by atoms with van der Waals surface area (Å²) in [5.74, 6) is 0. The Morgan fingerprint density at radius 3 is 2.15 bits per heavy atom. The second kappa shape index (κ2) is 4.27. The van der Waals surface area contributed by atoms with E-state index < -0.39 is 17.1 Å². The van der Waals surface area contributed by atoms with E-state index in [-0.39, 0.29) is 0 Å². The molecule has 0 atom stereocenters. The molecule has 78 valence electrons. The van der Waals surface area contributed by atoms with Gasteiger partial charge in [-0.15, -0.1) is 0 Å². The number of hydrogen-bond donors (Lipinski definition) is 0. The second-order valence-electron chi connectivity index (χ2n) is 4.27. The van der Waals surface area contributed by atoms with Crippen LogP contribution in [0.1, 0.15) is 26.2 Å². The van der Waals surface area contributed by atoms with Gasteiger partial charge in [0.05, 0.1) is 18.5 Å². The molecule has 0 aliphatic carbocycles. The summed E-state index contributed by atoms with van der Waals surface area (Å²) >= 11 is 0. The third-order valence-electron chi connectivity index (χ3n) is 2.72. The third-order valence-corrected chi connectivity index (χ3v) is 10.7. The van der Waals surface area contributed by atoms with Gasteiger partial charge in [-0.25, -0.2) is 8.42 Å². The van der Waals surface area contributed by atoms with Crippen LogP contribution in [0.5, 0.6) is 0 Å². The van der Waals surface area contributed by atoms with Crippen LogP contribution in [0.3, 0.4) is 0 Å². The first kappa shape index (κ1) is 11.5. The van der Waals surface area contributed by atoms with Gasteiger partial charge in [0.15, 0.2) is 15.3 Å². The highest BCUT2D eigenvalue weighted by Gasteiger charge is 2.42. The summed E-state index contributed by atoms with van der Waals surface area (Å²) in [5, 5.41) is 0. The van der Waals surface area contributed by atoms with Gasteiger partial charge in [0.2, 0.25) is 0 Å². The molecule has 4 heteroatoms. The van der Waals surface area contributed by atoms with E-state index in [0.29, 0.717) is 5.49 Å². The quantitative estimate of drug-likeness (QED) is 0.685. The van der Waals surface area contributed by atoms with Gasteiger partial charge in [0, 0.05) is 13.5 Å². The van der Waals surface area contributed by atoms with Gasteiger partial charge in [-0.05, 0) is 19.3 Å². The summed E-state index contributed by atoms with van der Waals surface area (Å²) in [6.07, 6.45) is 8.74. The number of sulfone groups is 1. The van der Waals surface area contributed by atoms with Crippen LogP contribution in [0, 0.1) is 0 Å². The lowest BCUT2D eigenvalue weighted by atomic mass is 10.4. The summed E-state index contributed by atoms with van der Waals surface area (Å²) in [5.41, 5.74) is 0.522. The van der Waals surface area contributed by atoms with Crippen LogP contribution in [0.25, 0.3) is 0 Å². The highest BCUT2D eigenvalue weighted by molar-refractivity contribution is 8.01. The minimum Gasteiger partial charge on any atom is -0.225 e. The first-order chi connectivity index (χ1) is 5.97. The molecule has 0 spiro atoms. The lowest BCUT2D eigenvalue weighted by Gasteiger charge is -2.20. The maximum Gasteiger partial charge on any atom is 0.181 e. The maximum absolute atomic E-state index is 11.3. The van der Waals surface area contributed by atoms with Crippen LogP contribution in [-0.2, 0) is 9.84 Å². The minimum absolute atomic E-state index is 0.522. The van der Waals surface area contributed by atoms with E-state index in [1.807, 2.05) is 0 Å². The summed E-state index contributed by atoms with van der Waals surface area (Å²) < 4.78 is 22.6. The summed E-state index contributed by atoms with van der Waals surface area (Å²) in [6, 6.07) is 0. The van der Waals surface area contributed by atoms with Crippen molar-refractivity contribution in [2.24, 2.45) is 0 Å². The molecule has 0 radical (unpaired) electrons. The van der Waals surface area contributed by atoms with Crippen LogP contribution >= 0.6 is 7.26 Å². The summed E-state index contributed by atoms with van der Waals surface area (Å²) in [7, 11) is -3.80. The monoisotopic (exact) mass is 223 g/mol. The Balaban J connectivity index is 2.67. The van der Waals surface area contributed by atoms with Gasteiger partial charge in [-0.3, -0.25) is 0 Å². The standard InChI is InChI=1S/C9H20O2PS/c1-3-6-12(7-4-5-8-12)9-13(2,10)11/h3-9H2,1-2H3/q+1. The normalized spacial score (nSPS) is 22.0. The Labute approximate surface area is 82.4 Å². The van der Waals surface area contributed by atoms with Crippen LogP contribution in [0.2, 0.25) is 0 Å². The Morgan fingerprint density at radius 1 is 1.23 bits per heavy atom. The molecule has 0 bridgehead atoms. The van der Waals surface area contributed by atoms with Gasteiger partial charge < -0.3 is 0 Å². The highest BCUT2D eigenvalue weighted by Crippen LogP contribution is 2.64. The molecule has 1 fully saturated rings. The van der Waals surface area contributed by atoms with Crippen LogP contribution in [-0.4, -0.2) is 38.7 Å². The van der Waals surface area contributed by atoms with E-state index in [1.165, 1.54) is 37.6 Å². The van der Waals surface area contributed by atoms with Gasteiger partial charge >= 0.3 is 0 Å². The van der Waals surface area contributed by atoms with Crippen molar-refractivity contribution < 1.29 is 8.42 Å². The molecule has 1 aliphatic rings. The van der Waals surface area contributed by atoms with Gasteiger partial charge in [-0.2, -0.15) is 0 Å².